The molecule has 2 fully saturated rings. The molecule has 1 saturated heterocycles. The smallest absolute Gasteiger partial charge is 0.270 e. The molecule has 2 aromatic heterocycles. The van der Waals surface area contributed by atoms with Crippen LogP contribution in [0.5, 0.6) is 0 Å². The Labute approximate surface area is 330 Å². The van der Waals surface area contributed by atoms with Crippen LogP contribution in [-0.4, -0.2) is 84.1 Å². The minimum Gasteiger partial charge on any atom is -0.351 e. The average molecular weight is 773 g/mol. The number of nitrogens with zero attached hydrogens (tertiary/aromatic N) is 1. The van der Waals surface area contributed by atoms with Gasteiger partial charge in [-0.1, -0.05) is 36.4 Å². The number of hydrogen-bond donors (Lipinski definition) is 7. The minimum absolute atomic E-state index is 0.0750. The third-order valence-electron chi connectivity index (χ3n) is 11.6. The summed E-state index contributed by atoms with van der Waals surface area (Å²) in [7, 11) is 0. The van der Waals surface area contributed by atoms with E-state index in [1.807, 2.05) is 53.4 Å². The van der Waals surface area contributed by atoms with Crippen LogP contribution in [0.15, 0.2) is 84.9 Å². The summed E-state index contributed by atoms with van der Waals surface area (Å²) in [6.07, 6.45) is 5.91. The largest absolute Gasteiger partial charge is 0.351 e. The minimum atomic E-state index is -0.488. The second-order valence-electron chi connectivity index (χ2n) is 15.4. The number of hydrogen-bond acceptors (Lipinski definition) is 6. The van der Waals surface area contributed by atoms with Gasteiger partial charge in [0.2, 0.25) is 0 Å². The van der Waals surface area contributed by atoms with E-state index in [1.165, 1.54) is 18.2 Å². The van der Waals surface area contributed by atoms with Gasteiger partial charge in [0.1, 0.15) is 23.0 Å². The van der Waals surface area contributed by atoms with Crippen LogP contribution in [0, 0.1) is 11.6 Å². The van der Waals surface area contributed by atoms with E-state index in [-0.39, 0.29) is 23.4 Å². The number of carbonyl (C=O) groups excluding carboxylic acids is 2. The summed E-state index contributed by atoms with van der Waals surface area (Å²) in [5, 5.41) is 11.6. The van der Waals surface area contributed by atoms with Crippen molar-refractivity contribution in [3.8, 4) is 33.4 Å². The first-order valence-corrected chi connectivity index (χ1v) is 20.1. The zero-order chi connectivity index (χ0) is 39.5. The summed E-state index contributed by atoms with van der Waals surface area (Å²) < 4.78 is 30.7. The molecule has 6 aromatic rings. The number of piperidine rings is 1. The second-order valence-corrected chi connectivity index (χ2v) is 15.4. The Morgan fingerprint density at radius 3 is 2.12 bits per heavy atom. The Bertz CT molecular complexity index is 2390. The first-order chi connectivity index (χ1) is 27.7. The molecule has 0 atom stereocenters. The highest BCUT2D eigenvalue weighted by atomic mass is 19.1. The van der Waals surface area contributed by atoms with Gasteiger partial charge in [-0.3, -0.25) is 9.59 Å². The van der Waals surface area contributed by atoms with Gasteiger partial charge in [0.05, 0.1) is 0 Å². The lowest BCUT2D eigenvalue weighted by Crippen LogP contribution is -2.48. The van der Waals surface area contributed by atoms with E-state index in [0.29, 0.717) is 60.8 Å². The SMILES string of the molecule is NCCN(C(=O)c1cc2ccc(-c3ccc(F)c(-c4cc(F)ccc4-c4ccc5cc(C(=O)NCCNC6CCC(N)CC6)[nH]c5c4)c3)cc2[nH]1)C1CCNCC1. The number of carbonyl (C=O) groups is 2. The molecule has 2 aliphatic rings. The summed E-state index contributed by atoms with van der Waals surface area (Å²) in [6.45, 7) is 3.77. The van der Waals surface area contributed by atoms with Crippen LogP contribution in [-0.2, 0) is 0 Å². The predicted octanol–water partition coefficient (Wildman–Crippen LogP) is 6.67. The van der Waals surface area contributed by atoms with Gasteiger partial charge >= 0.3 is 0 Å². The second kappa shape index (κ2) is 17.0. The molecule has 57 heavy (non-hydrogen) atoms. The van der Waals surface area contributed by atoms with Crippen LogP contribution in [0.25, 0.3) is 55.2 Å². The molecule has 8 rings (SSSR count). The normalized spacial score (nSPS) is 17.6. The summed E-state index contributed by atoms with van der Waals surface area (Å²) in [5.41, 5.74) is 18.0. The topological polar surface area (TPSA) is 157 Å². The maximum Gasteiger partial charge on any atom is 0.270 e. The Balaban J connectivity index is 1.02. The third-order valence-corrected chi connectivity index (χ3v) is 11.6. The molecular weight excluding hydrogens is 723 g/mol. The predicted molar refractivity (Wildman–Crippen MR) is 223 cm³/mol. The molecule has 296 valence electrons. The Morgan fingerprint density at radius 1 is 0.702 bits per heavy atom. The van der Waals surface area contributed by atoms with Crippen molar-refractivity contribution in [3.05, 3.63) is 108 Å². The van der Waals surface area contributed by atoms with Gasteiger partial charge in [-0.05, 0) is 128 Å². The van der Waals surface area contributed by atoms with E-state index in [9.17, 15) is 14.0 Å². The molecule has 0 bridgehead atoms. The van der Waals surface area contributed by atoms with Gasteiger partial charge in [0.15, 0.2) is 0 Å². The van der Waals surface area contributed by atoms with Crippen LogP contribution in [0.4, 0.5) is 8.78 Å². The molecule has 9 N–H and O–H groups in total. The van der Waals surface area contributed by atoms with Crippen LogP contribution in [0.3, 0.4) is 0 Å². The summed E-state index contributed by atoms with van der Waals surface area (Å²) in [6, 6.07) is 25.3. The Hall–Kier alpha value is -5.40. The van der Waals surface area contributed by atoms with E-state index >= 15 is 4.39 Å². The zero-order valence-corrected chi connectivity index (χ0v) is 32.0. The van der Waals surface area contributed by atoms with Crippen LogP contribution < -0.4 is 27.4 Å². The van der Waals surface area contributed by atoms with Crippen molar-refractivity contribution in [1.82, 2.24) is 30.8 Å². The van der Waals surface area contributed by atoms with E-state index in [0.717, 1.165) is 90.1 Å². The van der Waals surface area contributed by atoms with Crippen LogP contribution in [0.1, 0.15) is 59.5 Å². The number of fused-ring (bicyclic) bond motifs is 2. The van der Waals surface area contributed by atoms with Crippen molar-refractivity contribution >= 4 is 33.6 Å². The molecule has 1 aliphatic heterocycles. The average Bonchev–Trinajstić information content (AvgIpc) is 3.87. The van der Waals surface area contributed by atoms with Gasteiger partial charge in [-0.2, -0.15) is 0 Å². The first kappa shape index (κ1) is 38.5. The number of aromatic nitrogens is 2. The molecule has 10 nitrogen and oxygen atoms in total. The monoisotopic (exact) mass is 772 g/mol. The van der Waals surface area contributed by atoms with E-state index in [1.54, 1.807) is 18.2 Å². The van der Waals surface area contributed by atoms with Gasteiger partial charge in [0.25, 0.3) is 11.8 Å². The standard InChI is InChI=1S/C45H50F2N8O2/c46-32-6-11-36(29-2-4-30-24-42(53-41(30)23-29)44(56)52-19-18-51-34-9-7-33(49)8-10-34)37(26-32)38-21-27(5-12-39(38)47)28-1-3-31-25-43(54-40(31)22-28)45(57)55(20-15-48)35-13-16-50-17-14-35/h1-6,11-12,21-26,33-35,50-51,53-54H,7-10,13-20,48-49H2,(H,52,56). The Morgan fingerprint density at radius 2 is 1.37 bits per heavy atom. The quantitative estimate of drug-likeness (QED) is 0.0690. The maximum atomic E-state index is 15.8. The van der Waals surface area contributed by atoms with Crippen molar-refractivity contribution in [2.75, 3.05) is 39.3 Å². The lowest BCUT2D eigenvalue weighted by Gasteiger charge is -2.34. The molecule has 0 spiro atoms. The fourth-order valence-corrected chi connectivity index (χ4v) is 8.47. The number of aromatic amines is 2. The number of H-pyrrole nitrogens is 2. The fourth-order valence-electron chi connectivity index (χ4n) is 8.47. The molecule has 1 saturated carbocycles. The molecule has 3 heterocycles. The van der Waals surface area contributed by atoms with Crippen molar-refractivity contribution in [1.29, 1.82) is 0 Å². The van der Waals surface area contributed by atoms with E-state index in [2.05, 4.69) is 25.9 Å². The summed E-state index contributed by atoms with van der Waals surface area (Å²) in [5.74, 6) is -1.25. The molecule has 4 aromatic carbocycles. The van der Waals surface area contributed by atoms with Crippen molar-refractivity contribution in [3.63, 3.8) is 0 Å². The lowest BCUT2D eigenvalue weighted by atomic mass is 9.91. The number of rotatable bonds is 12. The molecule has 12 heteroatoms. The van der Waals surface area contributed by atoms with Gasteiger partial charge in [0, 0.05) is 71.7 Å². The molecule has 0 radical (unpaired) electrons. The molecule has 2 amide bonds. The third kappa shape index (κ3) is 8.50. The summed E-state index contributed by atoms with van der Waals surface area (Å²) >= 11 is 0. The highest BCUT2D eigenvalue weighted by Crippen LogP contribution is 2.38. The number of nitrogens with one attached hydrogen (secondary N) is 5. The number of halogens is 2. The number of benzene rings is 4. The van der Waals surface area contributed by atoms with Crippen LogP contribution in [0.2, 0.25) is 0 Å². The van der Waals surface area contributed by atoms with Gasteiger partial charge < -0.3 is 42.3 Å². The molecular formula is C45H50F2N8O2. The molecule has 0 unspecified atom stereocenters. The van der Waals surface area contributed by atoms with Crippen LogP contribution >= 0.6 is 0 Å². The van der Waals surface area contributed by atoms with Gasteiger partial charge in [-0.25, -0.2) is 8.78 Å². The van der Waals surface area contributed by atoms with E-state index < -0.39 is 11.6 Å². The summed E-state index contributed by atoms with van der Waals surface area (Å²) in [4.78, 5) is 35.2. The van der Waals surface area contributed by atoms with Crippen molar-refractivity contribution < 1.29 is 18.4 Å². The highest BCUT2D eigenvalue weighted by molar-refractivity contribution is 6.00. The number of amides is 2. The fraction of sp³-hybridized carbons (Fsp3) is 0.333. The number of nitrogens with two attached hydrogens (primary N) is 2. The van der Waals surface area contributed by atoms with Gasteiger partial charge in [-0.15, -0.1) is 0 Å². The highest BCUT2D eigenvalue weighted by Gasteiger charge is 2.27. The van der Waals surface area contributed by atoms with Crippen molar-refractivity contribution in [2.45, 2.75) is 56.7 Å². The first-order valence-electron chi connectivity index (χ1n) is 20.1. The zero-order valence-electron chi connectivity index (χ0n) is 32.0. The van der Waals surface area contributed by atoms with E-state index in [4.69, 9.17) is 11.5 Å². The Kier molecular flexibility index (Phi) is 11.5. The molecule has 1 aliphatic carbocycles. The maximum absolute atomic E-state index is 15.8. The lowest BCUT2D eigenvalue weighted by molar-refractivity contribution is 0.0644. The van der Waals surface area contributed by atoms with Crippen molar-refractivity contribution in [2.24, 2.45) is 11.5 Å².